The normalized spacial score (nSPS) is 11.0. The summed E-state index contributed by atoms with van der Waals surface area (Å²) in [5.74, 6) is -2.15. The van der Waals surface area contributed by atoms with E-state index in [1.165, 1.54) is 51.0 Å². The first-order valence-corrected chi connectivity index (χ1v) is 10.9. The zero-order chi connectivity index (χ0) is 20.6. The highest BCUT2D eigenvalue weighted by Crippen LogP contribution is 2.32. The first kappa shape index (κ1) is 24.3. The largest absolute Gasteiger partial charge is 0.504 e. The standard InChI is InChI=1S/C23H38O5/c1-2-3-4-5-6-7-9-12-17-28-18-13-10-8-11-14-19-15-16-20(24)22(25)21(19)23(26)27/h15-16,24-25H,2-14,17-18H2,1H3,(H,26,27). The van der Waals surface area contributed by atoms with Crippen molar-refractivity contribution >= 4 is 5.97 Å². The van der Waals surface area contributed by atoms with Gasteiger partial charge in [-0.3, -0.25) is 0 Å². The molecule has 0 heterocycles. The van der Waals surface area contributed by atoms with E-state index in [1.54, 1.807) is 6.07 Å². The van der Waals surface area contributed by atoms with Crippen LogP contribution in [0.1, 0.15) is 99.9 Å². The first-order valence-electron chi connectivity index (χ1n) is 10.9. The third kappa shape index (κ3) is 9.98. The van der Waals surface area contributed by atoms with E-state index >= 15 is 0 Å². The number of aryl methyl sites for hydroxylation is 1. The SMILES string of the molecule is CCCCCCCCCCOCCCCCCc1ccc(O)c(O)c1C(=O)O. The Morgan fingerprint density at radius 1 is 0.821 bits per heavy atom. The molecule has 0 aromatic heterocycles. The van der Waals surface area contributed by atoms with E-state index in [0.717, 1.165) is 45.3 Å². The summed E-state index contributed by atoms with van der Waals surface area (Å²) in [6.45, 7) is 3.88. The Kier molecular flexibility index (Phi) is 13.2. The van der Waals surface area contributed by atoms with E-state index in [2.05, 4.69) is 6.92 Å². The van der Waals surface area contributed by atoms with E-state index < -0.39 is 17.5 Å². The molecule has 0 spiro atoms. The number of benzene rings is 1. The van der Waals surface area contributed by atoms with Crippen molar-refractivity contribution in [3.05, 3.63) is 23.3 Å². The molecule has 0 aliphatic carbocycles. The lowest BCUT2D eigenvalue weighted by molar-refractivity contribution is 0.0691. The lowest BCUT2D eigenvalue weighted by atomic mass is 9.99. The van der Waals surface area contributed by atoms with Gasteiger partial charge in [-0.25, -0.2) is 4.79 Å². The molecule has 1 aromatic rings. The summed E-state index contributed by atoms with van der Waals surface area (Å²) < 4.78 is 5.68. The van der Waals surface area contributed by atoms with Crippen LogP contribution in [0.4, 0.5) is 0 Å². The third-order valence-corrected chi connectivity index (χ3v) is 5.08. The zero-order valence-electron chi connectivity index (χ0n) is 17.4. The molecule has 0 saturated carbocycles. The van der Waals surface area contributed by atoms with Crippen molar-refractivity contribution in [1.29, 1.82) is 0 Å². The van der Waals surface area contributed by atoms with E-state index in [9.17, 15) is 20.1 Å². The topological polar surface area (TPSA) is 87.0 Å². The number of ether oxygens (including phenoxy) is 1. The van der Waals surface area contributed by atoms with E-state index in [0.29, 0.717) is 12.0 Å². The summed E-state index contributed by atoms with van der Waals surface area (Å²) in [5, 5.41) is 28.4. The Labute approximate surface area is 169 Å². The summed E-state index contributed by atoms with van der Waals surface area (Å²) in [6, 6.07) is 2.92. The van der Waals surface area contributed by atoms with Crippen molar-refractivity contribution in [1.82, 2.24) is 0 Å². The summed E-state index contributed by atoms with van der Waals surface area (Å²) >= 11 is 0. The number of carboxylic acids is 1. The summed E-state index contributed by atoms with van der Waals surface area (Å²) in [5.41, 5.74) is 0.377. The Morgan fingerprint density at radius 2 is 1.36 bits per heavy atom. The van der Waals surface area contributed by atoms with Crippen molar-refractivity contribution in [2.75, 3.05) is 13.2 Å². The number of carbonyl (C=O) groups is 1. The molecular formula is C23H38O5. The highest BCUT2D eigenvalue weighted by atomic mass is 16.5. The summed E-state index contributed by atoms with van der Waals surface area (Å²) in [7, 11) is 0. The minimum Gasteiger partial charge on any atom is -0.504 e. The van der Waals surface area contributed by atoms with Gasteiger partial charge in [0.2, 0.25) is 0 Å². The predicted molar refractivity (Wildman–Crippen MR) is 112 cm³/mol. The molecule has 5 heteroatoms. The van der Waals surface area contributed by atoms with Crippen molar-refractivity contribution in [2.45, 2.75) is 90.4 Å². The van der Waals surface area contributed by atoms with Crippen LogP contribution in [0, 0.1) is 0 Å². The maximum absolute atomic E-state index is 11.3. The molecule has 0 unspecified atom stereocenters. The molecule has 1 rings (SSSR count). The van der Waals surface area contributed by atoms with Gasteiger partial charge in [-0.05, 0) is 37.3 Å². The number of carboxylic acid groups (broad SMARTS) is 1. The van der Waals surface area contributed by atoms with Crippen LogP contribution in [0.15, 0.2) is 12.1 Å². The van der Waals surface area contributed by atoms with E-state index in [-0.39, 0.29) is 5.56 Å². The molecule has 0 atom stereocenters. The Balaban J connectivity index is 2.00. The highest BCUT2D eigenvalue weighted by molar-refractivity contribution is 5.93. The Morgan fingerprint density at radius 3 is 1.93 bits per heavy atom. The molecular weight excluding hydrogens is 356 g/mol. The van der Waals surface area contributed by atoms with Crippen LogP contribution in [0.25, 0.3) is 0 Å². The number of hydrogen-bond donors (Lipinski definition) is 3. The van der Waals surface area contributed by atoms with Gasteiger partial charge in [0, 0.05) is 13.2 Å². The minimum absolute atomic E-state index is 0.186. The smallest absolute Gasteiger partial charge is 0.339 e. The van der Waals surface area contributed by atoms with Gasteiger partial charge in [-0.15, -0.1) is 0 Å². The number of phenolic OH excluding ortho intramolecular Hbond substituents is 1. The molecule has 0 amide bonds. The van der Waals surface area contributed by atoms with Crippen LogP contribution in [0.5, 0.6) is 11.5 Å². The quantitative estimate of drug-likeness (QED) is 0.221. The second-order valence-electron chi connectivity index (χ2n) is 7.52. The average molecular weight is 395 g/mol. The van der Waals surface area contributed by atoms with Crippen molar-refractivity contribution in [2.24, 2.45) is 0 Å². The molecule has 1 aromatic carbocycles. The van der Waals surface area contributed by atoms with Crippen LogP contribution in [0.3, 0.4) is 0 Å². The Hall–Kier alpha value is -1.75. The van der Waals surface area contributed by atoms with Crippen molar-refractivity contribution < 1.29 is 24.9 Å². The average Bonchev–Trinajstić information content (AvgIpc) is 2.67. The second kappa shape index (κ2) is 15.2. The molecule has 0 aliphatic rings. The van der Waals surface area contributed by atoms with Gasteiger partial charge in [0.25, 0.3) is 0 Å². The van der Waals surface area contributed by atoms with E-state index in [4.69, 9.17) is 4.74 Å². The molecule has 0 saturated heterocycles. The van der Waals surface area contributed by atoms with Crippen LogP contribution in [0.2, 0.25) is 0 Å². The lowest BCUT2D eigenvalue weighted by Gasteiger charge is -2.09. The Bertz CT molecular complexity index is 556. The van der Waals surface area contributed by atoms with Crippen LogP contribution < -0.4 is 0 Å². The lowest BCUT2D eigenvalue weighted by Crippen LogP contribution is -2.03. The first-order chi connectivity index (χ1) is 13.6. The highest BCUT2D eigenvalue weighted by Gasteiger charge is 2.18. The molecule has 5 nitrogen and oxygen atoms in total. The summed E-state index contributed by atoms with van der Waals surface area (Å²) in [6.07, 6.45) is 15.0. The zero-order valence-corrected chi connectivity index (χ0v) is 17.4. The van der Waals surface area contributed by atoms with Gasteiger partial charge in [0.15, 0.2) is 11.5 Å². The molecule has 3 N–H and O–H groups in total. The fraction of sp³-hybridized carbons (Fsp3) is 0.696. The fourth-order valence-electron chi connectivity index (χ4n) is 3.38. The van der Waals surface area contributed by atoms with Gasteiger partial charge in [-0.2, -0.15) is 0 Å². The molecule has 0 bridgehead atoms. The molecule has 0 radical (unpaired) electrons. The van der Waals surface area contributed by atoms with Crippen LogP contribution >= 0.6 is 0 Å². The van der Waals surface area contributed by atoms with Gasteiger partial charge in [-0.1, -0.05) is 70.8 Å². The number of aromatic carboxylic acids is 1. The monoisotopic (exact) mass is 394 g/mol. The van der Waals surface area contributed by atoms with Crippen molar-refractivity contribution in [3.63, 3.8) is 0 Å². The fourth-order valence-corrected chi connectivity index (χ4v) is 3.38. The molecule has 0 aliphatic heterocycles. The van der Waals surface area contributed by atoms with Gasteiger partial charge >= 0.3 is 5.97 Å². The summed E-state index contributed by atoms with van der Waals surface area (Å²) in [4.78, 5) is 11.3. The number of rotatable bonds is 17. The third-order valence-electron chi connectivity index (χ3n) is 5.08. The number of unbranched alkanes of at least 4 members (excludes halogenated alkanes) is 10. The van der Waals surface area contributed by atoms with E-state index in [1.807, 2.05) is 0 Å². The van der Waals surface area contributed by atoms with Gasteiger partial charge < -0.3 is 20.1 Å². The minimum atomic E-state index is -1.21. The predicted octanol–water partition coefficient (Wildman–Crippen LogP) is 6.06. The number of hydrogen-bond acceptors (Lipinski definition) is 4. The second-order valence-corrected chi connectivity index (χ2v) is 7.52. The van der Waals surface area contributed by atoms with Gasteiger partial charge in [0.1, 0.15) is 5.56 Å². The van der Waals surface area contributed by atoms with Crippen LogP contribution in [-0.4, -0.2) is 34.5 Å². The number of phenols is 2. The maximum atomic E-state index is 11.3. The van der Waals surface area contributed by atoms with Crippen molar-refractivity contribution in [3.8, 4) is 11.5 Å². The number of aromatic hydroxyl groups is 2. The molecule has 28 heavy (non-hydrogen) atoms. The molecule has 0 fully saturated rings. The van der Waals surface area contributed by atoms with Crippen LogP contribution in [-0.2, 0) is 11.2 Å². The molecule has 160 valence electrons. The maximum Gasteiger partial charge on any atom is 0.339 e. The van der Waals surface area contributed by atoms with Gasteiger partial charge in [0.05, 0.1) is 0 Å².